The quantitative estimate of drug-likeness (QED) is 0.319. The topological polar surface area (TPSA) is 87.7 Å². The molecule has 6 heteroatoms. The van der Waals surface area contributed by atoms with Gasteiger partial charge in [-0.3, -0.25) is 4.79 Å². The Labute approximate surface area is 98.0 Å². The monoisotopic (exact) mass is 241 g/mol. The van der Waals surface area contributed by atoms with Crippen LogP contribution < -0.4 is 11.1 Å². The van der Waals surface area contributed by atoms with E-state index < -0.39 is 5.41 Å². The van der Waals surface area contributed by atoms with Gasteiger partial charge in [-0.05, 0) is 25.3 Å². The van der Waals surface area contributed by atoms with Crippen LogP contribution in [0.1, 0.15) is 18.7 Å². The van der Waals surface area contributed by atoms with Crippen LogP contribution in [0.15, 0.2) is 22.7 Å². The number of nitrogens with one attached hydrogen (secondary N) is 1. The lowest BCUT2D eigenvalue weighted by Gasteiger charge is -2.21. The van der Waals surface area contributed by atoms with Crippen molar-refractivity contribution in [3.05, 3.63) is 22.4 Å². The van der Waals surface area contributed by atoms with Crippen LogP contribution in [0.4, 0.5) is 0 Å². The molecule has 0 radical (unpaired) electrons. The highest BCUT2D eigenvalue weighted by molar-refractivity contribution is 7.09. The molecule has 1 aromatic rings. The van der Waals surface area contributed by atoms with Gasteiger partial charge in [0.1, 0.15) is 5.41 Å². The molecule has 0 bridgehead atoms. The van der Waals surface area contributed by atoms with Gasteiger partial charge in [0, 0.05) is 4.88 Å². The van der Waals surface area contributed by atoms with Crippen LogP contribution in [0, 0.1) is 5.41 Å². The maximum Gasteiger partial charge on any atom is 0.233 e. The van der Waals surface area contributed by atoms with E-state index in [1.807, 2.05) is 17.5 Å². The van der Waals surface area contributed by atoms with Gasteiger partial charge in [0.25, 0.3) is 0 Å². The number of carbonyl (C=O) groups is 1. The summed E-state index contributed by atoms with van der Waals surface area (Å²) < 4.78 is 0. The van der Waals surface area contributed by atoms with Crippen LogP contribution in [0.5, 0.6) is 0 Å². The highest BCUT2D eigenvalue weighted by Crippen LogP contribution is 2.16. The van der Waals surface area contributed by atoms with Gasteiger partial charge in [-0.2, -0.15) is 0 Å². The fourth-order valence-electron chi connectivity index (χ4n) is 1.04. The molecule has 0 unspecified atom stereocenters. The first-order valence-corrected chi connectivity index (χ1v) is 5.65. The number of amides is 1. The molecule has 1 amide bonds. The number of nitrogens with zero attached hydrogens (tertiary/aromatic N) is 1. The van der Waals surface area contributed by atoms with Crippen molar-refractivity contribution in [3.8, 4) is 0 Å². The summed E-state index contributed by atoms with van der Waals surface area (Å²) in [5.74, 6) is -0.368. The minimum Gasteiger partial charge on any atom is -0.409 e. The lowest BCUT2D eigenvalue weighted by atomic mass is 9.91. The minimum atomic E-state index is -1.01. The Balaban J connectivity index is 2.59. The lowest BCUT2D eigenvalue weighted by molar-refractivity contribution is -0.126. The van der Waals surface area contributed by atoms with E-state index in [0.717, 1.165) is 4.88 Å². The van der Waals surface area contributed by atoms with Crippen molar-refractivity contribution < 1.29 is 10.0 Å². The number of carbonyl (C=O) groups excluding carboxylic acids is 1. The zero-order valence-electron chi connectivity index (χ0n) is 9.23. The highest BCUT2D eigenvalue weighted by atomic mass is 32.1. The summed E-state index contributed by atoms with van der Waals surface area (Å²) in [6.45, 7) is 3.66. The Bertz CT molecular complexity index is 385. The molecule has 1 rings (SSSR count). The first-order chi connectivity index (χ1) is 7.48. The fraction of sp³-hybridized carbons (Fsp3) is 0.400. The van der Waals surface area contributed by atoms with Crippen LogP contribution in [0.2, 0.25) is 0 Å². The summed E-state index contributed by atoms with van der Waals surface area (Å²) in [6.07, 6.45) is 0. The third-order valence-corrected chi connectivity index (χ3v) is 3.20. The van der Waals surface area contributed by atoms with Crippen molar-refractivity contribution >= 4 is 23.1 Å². The normalized spacial score (nSPS) is 12.5. The SMILES string of the molecule is CC(C)(C(=O)NCc1cccs1)C(N)=NO. The molecule has 0 aliphatic carbocycles. The molecule has 16 heavy (non-hydrogen) atoms. The van der Waals surface area contributed by atoms with Crippen LogP contribution in [-0.4, -0.2) is 17.0 Å². The first-order valence-electron chi connectivity index (χ1n) is 4.77. The van der Waals surface area contributed by atoms with Crippen molar-refractivity contribution in [2.45, 2.75) is 20.4 Å². The smallest absolute Gasteiger partial charge is 0.233 e. The number of thiophene rings is 1. The van der Waals surface area contributed by atoms with Gasteiger partial charge in [0.2, 0.25) is 5.91 Å². The average Bonchev–Trinajstić information content (AvgIpc) is 2.77. The van der Waals surface area contributed by atoms with E-state index in [9.17, 15) is 4.79 Å². The summed E-state index contributed by atoms with van der Waals surface area (Å²) in [5, 5.41) is 16.1. The molecule has 0 aromatic carbocycles. The van der Waals surface area contributed by atoms with E-state index in [0.29, 0.717) is 6.54 Å². The molecule has 4 N–H and O–H groups in total. The van der Waals surface area contributed by atoms with Crippen LogP contribution in [0.25, 0.3) is 0 Å². The first kappa shape index (κ1) is 12.5. The van der Waals surface area contributed by atoms with E-state index >= 15 is 0 Å². The van der Waals surface area contributed by atoms with Crippen molar-refractivity contribution in [1.29, 1.82) is 0 Å². The van der Waals surface area contributed by atoms with E-state index in [1.165, 1.54) is 0 Å². The molecule has 0 aliphatic rings. The largest absolute Gasteiger partial charge is 0.409 e. The molecule has 5 nitrogen and oxygen atoms in total. The molecule has 1 aromatic heterocycles. The lowest BCUT2D eigenvalue weighted by Crippen LogP contribution is -2.45. The van der Waals surface area contributed by atoms with Gasteiger partial charge in [-0.25, -0.2) is 0 Å². The predicted octanol–water partition coefficient (Wildman–Crippen LogP) is 1.14. The number of hydrogen-bond acceptors (Lipinski definition) is 4. The molecule has 0 aliphatic heterocycles. The van der Waals surface area contributed by atoms with Gasteiger partial charge in [0.05, 0.1) is 6.54 Å². The maximum absolute atomic E-state index is 11.8. The maximum atomic E-state index is 11.8. The molecule has 88 valence electrons. The molecular weight excluding hydrogens is 226 g/mol. The number of amidine groups is 1. The Morgan fingerprint density at radius 1 is 1.69 bits per heavy atom. The van der Waals surface area contributed by atoms with Crippen molar-refractivity contribution in [1.82, 2.24) is 5.32 Å². The third kappa shape index (κ3) is 2.73. The zero-order valence-corrected chi connectivity index (χ0v) is 10.0. The average molecular weight is 241 g/mol. The Kier molecular flexibility index (Phi) is 3.89. The summed E-state index contributed by atoms with van der Waals surface area (Å²) in [5.41, 5.74) is 4.43. The number of oxime groups is 1. The number of hydrogen-bond donors (Lipinski definition) is 3. The summed E-state index contributed by atoms with van der Waals surface area (Å²) in [4.78, 5) is 12.8. The molecule has 0 spiro atoms. The summed E-state index contributed by atoms with van der Waals surface area (Å²) in [7, 11) is 0. The van der Waals surface area contributed by atoms with Gasteiger partial charge >= 0.3 is 0 Å². The third-order valence-electron chi connectivity index (χ3n) is 2.32. The highest BCUT2D eigenvalue weighted by Gasteiger charge is 2.32. The molecule has 0 atom stereocenters. The second kappa shape index (κ2) is 4.98. The molecular formula is C10H15N3O2S. The van der Waals surface area contributed by atoms with E-state index in [1.54, 1.807) is 25.2 Å². The van der Waals surface area contributed by atoms with Crippen molar-refractivity contribution in [2.24, 2.45) is 16.3 Å². The van der Waals surface area contributed by atoms with Gasteiger partial charge in [0.15, 0.2) is 5.84 Å². The Hall–Kier alpha value is -1.56. The van der Waals surface area contributed by atoms with Crippen LogP contribution >= 0.6 is 11.3 Å². The molecule has 1 heterocycles. The second-order valence-electron chi connectivity index (χ2n) is 3.87. The molecule has 0 fully saturated rings. The predicted molar refractivity (Wildman–Crippen MR) is 63.4 cm³/mol. The van der Waals surface area contributed by atoms with Crippen LogP contribution in [0.3, 0.4) is 0 Å². The van der Waals surface area contributed by atoms with Crippen LogP contribution in [-0.2, 0) is 11.3 Å². The summed E-state index contributed by atoms with van der Waals surface area (Å²) >= 11 is 1.56. The second-order valence-corrected chi connectivity index (χ2v) is 4.90. The minimum absolute atomic E-state index is 0.101. The molecule has 0 saturated heterocycles. The van der Waals surface area contributed by atoms with E-state index in [-0.39, 0.29) is 11.7 Å². The number of nitrogens with two attached hydrogens (primary N) is 1. The van der Waals surface area contributed by atoms with Crippen molar-refractivity contribution in [2.75, 3.05) is 0 Å². The Morgan fingerprint density at radius 3 is 2.88 bits per heavy atom. The van der Waals surface area contributed by atoms with E-state index in [2.05, 4.69) is 10.5 Å². The zero-order chi connectivity index (χ0) is 12.2. The number of rotatable bonds is 4. The summed E-state index contributed by atoms with van der Waals surface area (Å²) in [6, 6.07) is 3.85. The van der Waals surface area contributed by atoms with Gasteiger partial charge in [-0.15, -0.1) is 11.3 Å². The standard InChI is InChI=1S/C10H15N3O2S/c1-10(2,8(11)13-15)9(14)12-6-7-4-3-5-16-7/h3-5,15H,6H2,1-2H3,(H2,11,13)(H,12,14). The van der Waals surface area contributed by atoms with Gasteiger partial charge < -0.3 is 16.3 Å². The van der Waals surface area contributed by atoms with Crippen molar-refractivity contribution in [3.63, 3.8) is 0 Å². The Morgan fingerprint density at radius 2 is 2.38 bits per heavy atom. The van der Waals surface area contributed by atoms with Gasteiger partial charge in [-0.1, -0.05) is 11.2 Å². The molecule has 0 saturated carbocycles. The van der Waals surface area contributed by atoms with E-state index in [4.69, 9.17) is 10.9 Å². The fourth-order valence-corrected chi connectivity index (χ4v) is 1.69.